The average molecular weight is 319 g/mol. The van der Waals surface area contributed by atoms with E-state index in [1.807, 2.05) is 12.1 Å². The average Bonchev–Trinajstić information content (AvgIpc) is 2.79. The Labute approximate surface area is 131 Å². The van der Waals surface area contributed by atoms with Gasteiger partial charge in [0.05, 0.1) is 0 Å². The number of benzene rings is 1. The SMILES string of the molecule is CC(C)c1ccc(CO/C=c2/[nH]c(=O)/c(=C\C(=O)O)s2)cc1. The summed E-state index contributed by atoms with van der Waals surface area (Å²) in [7, 11) is 0. The van der Waals surface area contributed by atoms with Crippen molar-refractivity contribution in [2.45, 2.75) is 26.4 Å². The van der Waals surface area contributed by atoms with Crippen LogP contribution >= 0.6 is 11.3 Å². The summed E-state index contributed by atoms with van der Waals surface area (Å²) >= 11 is 1.04. The van der Waals surface area contributed by atoms with Crippen LogP contribution in [0.5, 0.6) is 0 Å². The van der Waals surface area contributed by atoms with E-state index in [1.165, 1.54) is 11.8 Å². The molecule has 0 fully saturated rings. The maximum Gasteiger partial charge on any atom is 0.329 e. The van der Waals surface area contributed by atoms with Gasteiger partial charge in [0, 0.05) is 6.08 Å². The molecule has 0 spiro atoms. The minimum atomic E-state index is -1.15. The number of aromatic nitrogens is 1. The molecule has 1 aromatic carbocycles. The highest BCUT2D eigenvalue weighted by atomic mass is 32.1. The number of rotatable bonds is 5. The monoisotopic (exact) mass is 319 g/mol. The highest BCUT2D eigenvalue weighted by Crippen LogP contribution is 2.15. The van der Waals surface area contributed by atoms with Gasteiger partial charge >= 0.3 is 5.97 Å². The highest BCUT2D eigenvalue weighted by Gasteiger charge is 1.99. The summed E-state index contributed by atoms with van der Waals surface area (Å²) in [6.07, 6.45) is 2.31. The van der Waals surface area contributed by atoms with Crippen LogP contribution in [0.1, 0.15) is 30.9 Å². The molecule has 22 heavy (non-hydrogen) atoms. The smallest absolute Gasteiger partial charge is 0.329 e. The zero-order valence-corrected chi connectivity index (χ0v) is 13.1. The first-order valence-electron chi connectivity index (χ1n) is 6.80. The van der Waals surface area contributed by atoms with Crippen molar-refractivity contribution >= 4 is 29.6 Å². The molecule has 1 heterocycles. The fourth-order valence-corrected chi connectivity index (χ4v) is 2.64. The molecule has 0 radical (unpaired) electrons. The van der Waals surface area contributed by atoms with Gasteiger partial charge in [0.25, 0.3) is 5.56 Å². The fraction of sp³-hybridized carbons (Fsp3) is 0.250. The van der Waals surface area contributed by atoms with Crippen LogP contribution in [0.25, 0.3) is 12.3 Å². The number of aliphatic carboxylic acids is 1. The van der Waals surface area contributed by atoms with Crippen LogP contribution < -0.4 is 14.8 Å². The molecule has 0 aliphatic rings. The Morgan fingerprint density at radius 1 is 1.36 bits per heavy atom. The van der Waals surface area contributed by atoms with Crippen LogP contribution in [-0.2, 0) is 16.1 Å². The quantitative estimate of drug-likeness (QED) is 0.872. The summed E-state index contributed by atoms with van der Waals surface area (Å²) in [5.74, 6) is -0.660. The van der Waals surface area contributed by atoms with Crippen molar-refractivity contribution in [3.8, 4) is 0 Å². The summed E-state index contributed by atoms with van der Waals surface area (Å²) in [5, 5.41) is 8.64. The third-order valence-electron chi connectivity index (χ3n) is 3.02. The molecule has 0 atom stereocenters. The van der Waals surface area contributed by atoms with Crippen LogP contribution in [0.15, 0.2) is 29.1 Å². The van der Waals surface area contributed by atoms with Crippen molar-refractivity contribution in [2.24, 2.45) is 0 Å². The third kappa shape index (κ3) is 4.33. The molecule has 0 unspecified atom stereocenters. The highest BCUT2D eigenvalue weighted by molar-refractivity contribution is 7.07. The normalized spacial score (nSPS) is 12.9. The lowest BCUT2D eigenvalue weighted by molar-refractivity contribution is -0.129. The molecule has 116 valence electrons. The third-order valence-corrected chi connectivity index (χ3v) is 3.96. The first kappa shape index (κ1) is 16.0. The van der Waals surface area contributed by atoms with Gasteiger partial charge in [0.15, 0.2) is 0 Å². The van der Waals surface area contributed by atoms with Gasteiger partial charge in [0.1, 0.15) is 22.1 Å². The molecule has 0 aliphatic carbocycles. The number of carboxylic acid groups (broad SMARTS) is 1. The first-order valence-corrected chi connectivity index (χ1v) is 7.62. The van der Waals surface area contributed by atoms with E-state index in [9.17, 15) is 9.59 Å². The summed E-state index contributed by atoms with van der Waals surface area (Å²) in [5.41, 5.74) is 1.87. The molecule has 0 saturated heterocycles. The molecule has 2 aromatic rings. The number of hydrogen-bond acceptors (Lipinski definition) is 4. The van der Waals surface area contributed by atoms with Crippen molar-refractivity contribution in [3.63, 3.8) is 0 Å². The second kappa shape index (κ2) is 7.09. The van der Waals surface area contributed by atoms with Crippen molar-refractivity contribution in [3.05, 3.63) is 54.9 Å². The Kier molecular flexibility index (Phi) is 5.16. The number of hydrogen-bond donors (Lipinski definition) is 2. The van der Waals surface area contributed by atoms with Crippen LogP contribution in [0, 0.1) is 0 Å². The van der Waals surface area contributed by atoms with E-state index in [0.717, 1.165) is 23.0 Å². The molecule has 2 rings (SSSR count). The van der Waals surface area contributed by atoms with Crippen LogP contribution in [0.4, 0.5) is 0 Å². The van der Waals surface area contributed by atoms with E-state index in [0.29, 0.717) is 17.2 Å². The number of nitrogens with one attached hydrogen (secondary N) is 1. The largest absolute Gasteiger partial charge is 0.493 e. The van der Waals surface area contributed by atoms with E-state index in [4.69, 9.17) is 9.84 Å². The molecule has 0 aliphatic heterocycles. The Morgan fingerprint density at radius 3 is 2.64 bits per heavy atom. The second-order valence-electron chi connectivity index (χ2n) is 5.09. The van der Waals surface area contributed by atoms with E-state index >= 15 is 0 Å². The molecule has 1 aromatic heterocycles. The van der Waals surface area contributed by atoms with Crippen LogP contribution in [0.2, 0.25) is 0 Å². The molecule has 5 nitrogen and oxygen atoms in total. The van der Waals surface area contributed by atoms with E-state index < -0.39 is 11.5 Å². The van der Waals surface area contributed by atoms with Crippen molar-refractivity contribution < 1.29 is 14.6 Å². The van der Waals surface area contributed by atoms with Crippen molar-refractivity contribution in [2.75, 3.05) is 0 Å². The number of carbonyl (C=O) groups is 1. The van der Waals surface area contributed by atoms with Crippen LogP contribution in [0.3, 0.4) is 0 Å². The Morgan fingerprint density at radius 2 is 2.05 bits per heavy atom. The van der Waals surface area contributed by atoms with Gasteiger partial charge in [-0.15, -0.1) is 11.3 Å². The van der Waals surface area contributed by atoms with Gasteiger partial charge < -0.3 is 14.8 Å². The second-order valence-corrected chi connectivity index (χ2v) is 6.18. The van der Waals surface area contributed by atoms with Gasteiger partial charge in [-0.05, 0) is 17.0 Å². The summed E-state index contributed by atoms with van der Waals surface area (Å²) in [6, 6.07) is 8.14. The summed E-state index contributed by atoms with van der Waals surface area (Å²) < 4.78 is 6.06. The van der Waals surface area contributed by atoms with Gasteiger partial charge in [-0.2, -0.15) is 0 Å². The minimum absolute atomic E-state index is 0.142. The molecule has 0 amide bonds. The van der Waals surface area contributed by atoms with Gasteiger partial charge in [0.2, 0.25) is 0 Å². The van der Waals surface area contributed by atoms with Crippen molar-refractivity contribution in [1.29, 1.82) is 0 Å². The van der Waals surface area contributed by atoms with Crippen molar-refractivity contribution in [1.82, 2.24) is 4.98 Å². The Hall–Kier alpha value is -2.34. The Bertz CT molecular complexity index is 815. The minimum Gasteiger partial charge on any atom is -0.493 e. The lowest BCUT2D eigenvalue weighted by Crippen LogP contribution is -2.21. The molecule has 0 saturated carbocycles. The zero-order chi connectivity index (χ0) is 16.1. The topological polar surface area (TPSA) is 79.4 Å². The number of aromatic amines is 1. The number of thiazole rings is 1. The predicted octanol–water partition coefficient (Wildman–Crippen LogP) is 1.38. The summed E-state index contributed by atoms with van der Waals surface area (Å²) in [4.78, 5) is 24.6. The van der Waals surface area contributed by atoms with Gasteiger partial charge in [-0.1, -0.05) is 38.1 Å². The number of ether oxygens (including phenoxy) is 1. The lowest BCUT2D eigenvalue weighted by atomic mass is 10.0. The standard InChI is InChI=1S/C16H17NO4S/c1-10(2)12-5-3-11(4-6-12)8-21-9-14-17-16(20)13(22-14)7-15(18)19/h3-7,9-10H,8H2,1-2H3,(H,17,20)(H,18,19)/b13-7+,14-9-. The number of carboxylic acids is 1. The maximum absolute atomic E-state index is 11.5. The number of H-pyrrole nitrogens is 1. The van der Waals surface area contributed by atoms with E-state index in [2.05, 4.69) is 31.0 Å². The Balaban J connectivity index is 2.06. The molecule has 6 heteroatoms. The molecular formula is C16H17NO4S. The first-order chi connectivity index (χ1) is 10.5. The molecule has 0 bridgehead atoms. The van der Waals surface area contributed by atoms with Crippen LogP contribution in [-0.4, -0.2) is 16.1 Å². The molecule has 2 N–H and O–H groups in total. The summed E-state index contributed by atoms with van der Waals surface area (Å²) in [6.45, 7) is 4.66. The van der Waals surface area contributed by atoms with E-state index in [-0.39, 0.29) is 4.53 Å². The zero-order valence-electron chi connectivity index (χ0n) is 12.3. The predicted molar refractivity (Wildman–Crippen MR) is 86.1 cm³/mol. The van der Waals surface area contributed by atoms with Gasteiger partial charge in [-0.25, -0.2) is 4.79 Å². The molecular weight excluding hydrogens is 302 g/mol. The maximum atomic E-state index is 11.5. The lowest BCUT2D eigenvalue weighted by Gasteiger charge is -2.06. The van der Waals surface area contributed by atoms with Gasteiger partial charge in [-0.3, -0.25) is 4.79 Å². The fourth-order valence-electron chi connectivity index (χ4n) is 1.84. The van der Waals surface area contributed by atoms with E-state index in [1.54, 1.807) is 0 Å².